The summed E-state index contributed by atoms with van der Waals surface area (Å²) in [6.45, 7) is 0.135. The zero-order valence-electron chi connectivity index (χ0n) is 8.46. The first-order chi connectivity index (χ1) is 7.06. The molecule has 1 rings (SSSR count). The molecule has 0 amide bonds. The molecule has 1 aromatic carbocycles. The van der Waals surface area contributed by atoms with Crippen LogP contribution >= 0.6 is 23.2 Å². The van der Waals surface area contributed by atoms with Gasteiger partial charge in [0.15, 0.2) is 0 Å². The SMILES string of the molecule is COC(=O)CN(C)c1cccc(Cl)c1Cl. The van der Waals surface area contributed by atoms with Crippen molar-refractivity contribution in [3.8, 4) is 0 Å². The third-order valence-electron chi connectivity index (χ3n) is 1.94. The van der Waals surface area contributed by atoms with Crippen LogP contribution < -0.4 is 4.90 Å². The molecule has 0 saturated carbocycles. The van der Waals surface area contributed by atoms with E-state index < -0.39 is 0 Å². The van der Waals surface area contributed by atoms with E-state index in [2.05, 4.69) is 4.74 Å². The Hall–Kier alpha value is -0.930. The van der Waals surface area contributed by atoms with E-state index >= 15 is 0 Å². The molecule has 0 N–H and O–H groups in total. The molecular weight excluding hydrogens is 237 g/mol. The van der Waals surface area contributed by atoms with Crippen molar-refractivity contribution in [3.63, 3.8) is 0 Å². The van der Waals surface area contributed by atoms with Gasteiger partial charge in [-0.3, -0.25) is 4.79 Å². The van der Waals surface area contributed by atoms with Crippen molar-refractivity contribution in [2.45, 2.75) is 0 Å². The molecule has 1 aromatic rings. The highest BCUT2D eigenvalue weighted by Crippen LogP contribution is 2.31. The standard InChI is InChI=1S/C10H11Cl2NO2/c1-13(6-9(14)15-2)8-5-3-4-7(11)10(8)12/h3-5H,6H2,1-2H3. The minimum atomic E-state index is -0.325. The summed E-state index contributed by atoms with van der Waals surface area (Å²) in [5.74, 6) is -0.325. The van der Waals surface area contributed by atoms with Gasteiger partial charge in [0, 0.05) is 7.05 Å². The van der Waals surface area contributed by atoms with Gasteiger partial charge in [-0.1, -0.05) is 29.3 Å². The number of benzene rings is 1. The Labute approximate surface area is 98.5 Å². The maximum Gasteiger partial charge on any atom is 0.325 e. The molecule has 5 heteroatoms. The van der Waals surface area contributed by atoms with E-state index in [1.807, 2.05) is 0 Å². The normalized spacial score (nSPS) is 9.87. The molecule has 0 aromatic heterocycles. The topological polar surface area (TPSA) is 29.5 Å². The van der Waals surface area contributed by atoms with Crippen molar-refractivity contribution in [2.24, 2.45) is 0 Å². The largest absolute Gasteiger partial charge is 0.468 e. The van der Waals surface area contributed by atoms with E-state index in [0.29, 0.717) is 15.7 Å². The fourth-order valence-corrected chi connectivity index (χ4v) is 1.57. The summed E-state index contributed by atoms with van der Waals surface area (Å²) in [5, 5.41) is 0.899. The van der Waals surface area contributed by atoms with Crippen LogP contribution in [0.2, 0.25) is 10.0 Å². The number of anilines is 1. The van der Waals surface area contributed by atoms with Crippen LogP contribution in [-0.2, 0) is 9.53 Å². The lowest BCUT2D eigenvalue weighted by molar-refractivity contribution is -0.138. The zero-order chi connectivity index (χ0) is 11.4. The molecular formula is C10H11Cl2NO2. The summed E-state index contributed by atoms with van der Waals surface area (Å²) in [4.78, 5) is 12.7. The molecule has 0 fully saturated rings. The van der Waals surface area contributed by atoms with Gasteiger partial charge in [-0.15, -0.1) is 0 Å². The van der Waals surface area contributed by atoms with E-state index in [-0.39, 0.29) is 12.5 Å². The maximum absolute atomic E-state index is 11.1. The Kier molecular flexibility index (Phi) is 4.24. The maximum atomic E-state index is 11.1. The number of hydrogen-bond donors (Lipinski definition) is 0. The lowest BCUT2D eigenvalue weighted by atomic mass is 10.3. The molecule has 0 radical (unpaired) electrons. The van der Waals surface area contributed by atoms with Gasteiger partial charge in [-0.2, -0.15) is 0 Å². The van der Waals surface area contributed by atoms with Crippen LogP contribution in [0.1, 0.15) is 0 Å². The number of ether oxygens (including phenoxy) is 1. The predicted molar refractivity (Wildman–Crippen MR) is 61.7 cm³/mol. The van der Waals surface area contributed by atoms with Gasteiger partial charge in [0.2, 0.25) is 0 Å². The van der Waals surface area contributed by atoms with Crippen LogP contribution in [0.15, 0.2) is 18.2 Å². The summed E-state index contributed by atoms with van der Waals surface area (Å²) in [5.41, 5.74) is 0.703. The monoisotopic (exact) mass is 247 g/mol. The first kappa shape index (κ1) is 12.1. The van der Waals surface area contributed by atoms with E-state index in [1.165, 1.54) is 7.11 Å². The van der Waals surface area contributed by atoms with Gasteiger partial charge in [-0.05, 0) is 12.1 Å². The average Bonchev–Trinajstić information content (AvgIpc) is 2.21. The number of halogens is 2. The minimum Gasteiger partial charge on any atom is -0.468 e. The second-order valence-corrected chi connectivity index (χ2v) is 3.79. The van der Waals surface area contributed by atoms with Gasteiger partial charge >= 0.3 is 5.97 Å². The quantitative estimate of drug-likeness (QED) is 0.770. The average molecular weight is 248 g/mol. The Morgan fingerprint density at radius 1 is 1.47 bits per heavy atom. The van der Waals surface area contributed by atoms with Crippen molar-refractivity contribution in [1.29, 1.82) is 0 Å². The highest BCUT2D eigenvalue weighted by atomic mass is 35.5. The molecule has 15 heavy (non-hydrogen) atoms. The van der Waals surface area contributed by atoms with Crippen molar-refractivity contribution in [1.82, 2.24) is 0 Å². The van der Waals surface area contributed by atoms with Gasteiger partial charge in [0.1, 0.15) is 6.54 Å². The first-order valence-electron chi connectivity index (χ1n) is 4.28. The fourth-order valence-electron chi connectivity index (χ4n) is 1.13. The number of nitrogens with zero attached hydrogens (tertiary/aromatic N) is 1. The number of methoxy groups -OCH3 is 1. The molecule has 0 heterocycles. The van der Waals surface area contributed by atoms with E-state index in [0.717, 1.165) is 0 Å². The summed E-state index contributed by atoms with van der Waals surface area (Å²) in [6.07, 6.45) is 0. The minimum absolute atomic E-state index is 0.135. The Balaban J connectivity index is 2.86. The molecule has 0 aliphatic heterocycles. The van der Waals surface area contributed by atoms with Gasteiger partial charge in [0.25, 0.3) is 0 Å². The summed E-state index contributed by atoms with van der Waals surface area (Å²) < 4.78 is 4.56. The van der Waals surface area contributed by atoms with Crippen LogP contribution in [-0.4, -0.2) is 26.7 Å². The van der Waals surface area contributed by atoms with Crippen molar-refractivity contribution >= 4 is 34.9 Å². The van der Waals surface area contributed by atoms with Crippen molar-refractivity contribution < 1.29 is 9.53 Å². The van der Waals surface area contributed by atoms with Crippen LogP contribution in [0.4, 0.5) is 5.69 Å². The van der Waals surface area contributed by atoms with Crippen LogP contribution in [0, 0.1) is 0 Å². The van der Waals surface area contributed by atoms with Crippen molar-refractivity contribution in [2.75, 3.05) is 25.6 Å². The van der Waals surface area contributed by atoms with E-state index in [1.54, 1.807) is 30.1 Å². The summed E-state index contributed by atoms with van der Waals surface area (Å²) in [7, 11) is 3.09. The Bertz CT molecular complexity index is 368. The Morgan fingerprint density at radius 3 is 2.73 bits per heavy atom. The number of likely N-dealkylation sites (N-methyl/N-ethyl adjacent to an activating group) is 1. The third-order valence-corrected chi connectivity index (χ3v) is 2.75. The van der Waals surface area contributed by atoms with E-state index in [4.69, 9.17) is 23.2 Å². The zero-order valence-corrected chi connectivity index (χ0v) is 9.97. The number of carbonyl (C=O) groups excluding carboxylic acids is 1. The summed E-state index contributed by atoms with van der Waals surface area (Å²) in [6, 6.07) is 5.26. The first-order valence-corrected chi connectivity index (χ1v) is 5.04. The molecule has 82 valence electrons. The molecule has 0 spiro atoms. The summed E-state index contributed by atoms with van der Waals surface area (Å²) >= 11 is 11.8. The van der Waals surface area contributed by atoms with Gasteiger partial charge in [-0.25, -0.2) is 0 Å². The van der Waals surface area contributed by atoms with Crippen LogP contribution in [0.3, 0.4) is 0 Å². The number of rotatable bonds is 3. The second-order valence-electron chi connectivity index (χ2n) is 3.01. The lowest BCUT2D eigenvalue weighted by Crippen LogP contribution is -2.26. The highest BCUT2D eigenvalue weighted by Gasteiger charge is 2.11. The molecule has 0 bridgehead atoms. The second kappa shape index (κ2) is 5.24. The molecule has 0 aliphatic rings. The van der Waals surface area contributed by atoms with Gasteiger partial charge in [0.05, 0.1) is 22.8 Å². The predicted octanol–water partition coefficient (Wildman–Crippen LogP) is 2.60. The molecule has 0 atom stereocenters. The smallest absolute Gasteiger partial charge is 0.325 e. The van der Waals surface area contributed by atoms with Gasteiger partial charge < -0.3 is 9.64 Å². The Morgan fingerprint density at radius 2 is 2.13 bits per heavy atom. The van der Waals surface area contributed by atoms with E-state index in [9.17, 15) is 4.79 Å². The van der Waals surface area contributed by atoms with Crippen molar-refractivity contribution in [3.05, 3.63) is 28.2 Å². The molecule has 0 aliphatic carbocycles. The van der Waals surface area contributed by atoms with Crippen LogP contribution in [0.25, 0.3) is 0 Å². The van der Waals surface area contributed by atoms with Crippen LogP contribution in [0.5, 0.6) is 0 Å². The number of hydrogen-bond acceptors (Lipinski definition) is 3. The highest BCUT2D eigenvalue weighted by molar-refractivity contribution is 6.43. The number of carbonyl (C=O) groups is 1. The molecule has 3 nitrogen and oxygen atoms in total. The third kappa shape index (κ3) is 3.01. The fraction of sp³-hybridized carbons (Fsp3) is 0.300. The molecule has 0 saturated heterocycles. The lowest BCUT2D eigenvalue weighted by Gasteiger charge is -2.19. The number of esters is 1. The molecule has 0 unspecified atom stereocenters.